The average molecular weight is 456 g/mol. The van der Waals surface area contributed by atoms with Crippen LogP contribution in [0.15, 0.2) is 72.6 Å². The molecule has 1 amide bonds. The summed E-state index contributed by atoms with van der Waals surface area (Å²) in [4.78, 5) is 32.0. The Hall–Kier alpha value is -4.13. The van der Waals surface area contributed by atoms with Crippen molar-refractivity contribution in [1.29, 1.82) is 0 Å². The van der Waals surface area contributed by atoms with Gasteiger partial charge in [-0.3, -0.25) is 14.6 Å². The number of Topliss-reactive ketones (excluding diaryl/α,β-unsaturated/α-hetero) is 1. The molecule has 2 aliphatic heterocycles. The van der Waals surface area contributed by atoms with Gasteiger partial charge in [0.15, 0.2) is 0 Å². The second kappa shape index (κ2) is 8.67. The van der Waals surface area contributed by atoms with Crippen LogP contribution in [0, 0.1) is 0 Å². The molecule has 7 heteroatoms. The van der Waals surface area contributed by atoms with Gasteiger partial charge in [-0.25, -0.2) is 0 Å². The molecule has 2 atom stereocenters. The van der Waals surface area contributed by atoms with E-state index in [4.69, 9.17) is 9.47 Å². The number of likely N-dealkylation sites (tertiary alicyclic amines) is 1. The Morgan fingerprint density at radius 2 is 2.03 bits per heavy atom. The van der Waals surface area contributed by atoms with Gasteiger partial charge in [0.05, 0.1) is 18.7 Å². The third-order valence-electron chi connectivity index (χ3n) is 6.19. The van der Waals surface area contributed by atoms with Crippen molar-refractivity contribution in [3.63, 3.8) is 0 Å². The van der Waals surface area contributed by atoms with Gasteiger partial charge in [0.2, 0.25) is 0 Å². The van der Waals surface area contributed by atoms with E-state index >= 15 is 0 Å². The maximum atomic E-state index is 13.3. The lowest BCUT2D eigenvalue weighted by Crippen LogP contribution is -2.29. The van der Waals surface area contributed by atoms with Crippen LogP contribution in [0.1, 0.15) is 35.2 Å². The fourth-order valence-corrected chi connectivity index (χ4v) is 4.61. The van der Waals surface area contributed by atoms with Crippen molar-refractivity contribution in [1.82, 2.24) is 9.88 Å². The van der Waals surface area contributed by atoms with Gasteiger partial charge >= 0.3 is 0 Å². The molecular weight excluding hydrogens is 432 g/mol. The Labute approximate surface area is 197 Å². The lowest BCUT2D eigenvalue weighted by molar-refractivity contribution is -0.140. The Morgan fingerprint density at radius 1 is 1.18 bits per heavy atom. The smallest absolute Gasteiger partial charge is 0.295 e. The van der Waals surface area contributed by atoms with Gasteiger partial charge in [-0.1, -0.05) is 18.2 Å². The standard InChI is InChI=1S/C27H24N2O5/c1-16-11-20-12-19(8-9-22(20)34-16)25(30)23-24(18-6-3-7-21(13-18)33-2)29(27(32)26(23)31)15-17-5-4-10-28-14-17/h3-10,12-14,16,24,30H,11,15H2,1-2H3. The van der Waals surface area contributed by atoms with E-state index in [-0.39, 0.29) is 24.0 Å². The summed E-state index contributed by atoms with van der Waals surface area (Å²) in [5, 5.41) is 11.3. The summed E-state index contributed by atoms with van der Waals surface area (Å²) in [5.74, 6) is -0.239. The molecule has 2 unspecified atom stereocenters. The van der Waals surface area contributed by atoms with Crippen LogP contribution in [0.4, 0.5) is 0 Å². The minimum atomic E-state index is -0.779. The molecular formula is C27H24N2O5. The zero-order valence-electron chi connectivity index (χ0n) is 18.9. The Balaban J connectivity index is 1.64. The van der Waals surface area contributed by atoms with Crippen LogP contribution in [0.25, 0.3) is 5.76 Å². The van der Waals surface area contributed by atoms with E-state index < -0.39 is 17.7 Å². The molecule has 1 aromatic heterocycles. The molecule has 1 saturated heterocycles. The van der Waals surface area contributed by atoms with Gasteiger partial charge in [0.1, 0.15) is 23.4 Å². The number of fused-ring (bicyclic) bond motifs is 1. The van der Waals surface area contributed by atoms with Crippen molar-refractivity contribution in [2.24, 2.45) is 0 Å². The van der Waals surface area contributed by atoms with E-state index in [1.165, 1.54) is 4.90 Å². The second-order valence-corrected chi connectivity index (χ2v) is 8.52. The average Bonchev–Trinajstić information content (AvgIpc) is 3.35. The number of pyridine rings is 1. The first-order valence-corrected chi connectivity index (χ1v) is 11.1. The monoisotopic (exact) mass is 456 g/mol. The number of nitrogens with zero attached hydrogens (tertiary/aromatic N) is 2. The first kappa shape index (κ1) is 21.7. The molecule has 34 heavy (non-hydrogen) atoms. The fourth-order valence-electron chi connectivity index (χ4n) is 4.61. The molecule has 3 aromatic rings. The fraction of sp³-hybridized carbons (Fsp3) is 0.222. The number of carbonyl (C=O) groups is 2. The maximum absolute atomic E-state index is 13.3. The number of carbonyl (C=O) groups excluding carboxylic acids is 2. The number of aromatic nitrogens is 1. The van der Waals surface area contributed by atoms with E-state index in [1.54, 1.807) is 55.9 Å². The summed E-state index contributed by atoms with van der Waals surface area (Å²) in [6.07, 6.45) is 4.07. The van der Waals surface area contributed by atoms with E-state index in [0.29, 0.717) is 23.3 Å². The molecule has 1 N–H and O–H groups in total. The van der Waals surface area contributed by atoms with Crippen molar-refractivity contribution in [2.75, 3.05) is 7.11 Å². The van der Waals surface area contributed by atoms with Gasteiger partial charge in [-0.2, -0.15) is 0 Å². The van der Waals surface area contributed by atoms with Crippen LogP contribution >= 0.6 is 0 Å². The van der Waals surface area contributed by atoms with Gasteiger partial charge in [-0.15, -0.1) is 0 Å². The number of amides is 1. The molecule has 0 bridgehead atoms. The van der Waals surface area contributed by atoms with Gasteiger partial charge in [-0.05, 0) is 60.0 Å². The molecule has 0 aliphatic carbocycles. The molecule has 3 heterocycles. The normalized spacial score (nSPS) is 20.8. The predicted molar refractivity (Wildman–Crippen MR) is 125 cm³/mol. The minimum Gasteiger partial charge on any atom is -0.507 e. The number of rotatable bonds is 5. The number of methoxy groups -OCH3 is 1. The Kier molecular flexibility index (Phi) is 5.53. The largest absolute Gasteiger partial charge is 0.507 e. The highest BCUT2D eigenvalue weighted by Crippen LogP contribution is 2.42. The molecule has 0 spiro atoms. The highest BCUT2D eigenvalue weighted by Gasteiger charge is 2.46. The molecule has 2 aromatic carbocycles. The van der Waals surface area contributed by atoms with Crippen molar-refractivity contribution in [3.05, 3.63) is 94.8 Å². The van der Waals surface area contributed by atoms with E-state index in [0.717, 1.165) is 16.9 Å². The summed E-state index contributed by atoms with van der Waals surface area (Å²) in [5.41, 5.74) is 2.93. The first-order valence-electron chi connectivity index (χ1n) is 11.1. The summed E-state index contributed by atoms with van der Waals surface area (Å²) >= 11 is 0. The molecule has 172 valence electrons. The minimum absolute atomic E-state index is 0.0501. The number of aliphatic hydroxyl groups excluding tert-OH is 1. The predicted octanol–water partition coefficient (Wildman–Crippen LogP) is 4.04. The summed E-state index contributed by atoms with van der Waals surface area (Å²) in [6, 6.07) is 15.4. The third-order valence-corrected chi connectivity index (χ3v) is 6.19. The summed E-state index contributed by atoms with van der Waals surface area (Å²) in [7, 11) is 1.55. The molecule has 0 saturated carbocycles. The molecule has 7 nitrogen and oxygen atoms in total. The maximum Gasteiger partial charge on any atom is 0.295 e. The SMILES string of the molecule is COc1cccc(C2C(=C(O)c3ccc4c(c3)CC(C)O4)C(=O)C(=O)N2Cc2cccnc2)c1. The molecule has 0 radical (unpaired) electrons. The van der Waals surface area contributed by atoms with E-state index in [2.05, 4.69) is 4.98 Å². The van der Waals surface area contributed by atoms with Gasteiger partial charge < -0.3 is 19.5 Å². The first-order chi connectivity index (χ1) is 16.5. The van der Waals surface area contributed by atoms with E-state index in [9.17, 15) is 14.7 Å². The number of ketones is 1. The van der Waals surface area contributed by atoms with Crippen LogP contribution in [-0.2, 0) is 22.6 Å². The number of hydrogen-bond donors (Lipinski definition) is 1. The highest BCUT2D eigenvalue weighted by atomic mass is 16.5. The van der Waals surface area contributed by atoms with Crippen molar-refractivity contribution in [3.8, 4) is 11.5 Å². The zero-order chi connectivity index (χ0) is 23.8. The van der Waals surface area contributed by atoms with E-state index in [1.807, 2.05) is 25.1 Å². The van der Waals surface area contributed by atoms with Crippen molar-refractivity contribution < 1.29 is 24.2 Å². The molecule has 2 aliphatic rings. The van der Waals surface area contributed by atoms with Crippen LogP contribution in [0.3, 0.4) is 0 Å². The van der Waals surface area contributed by atoms with Gasteiger partial charge in [0.25, 0.3) is 11.7 Å². The number of aliphatic hydroxyl groups is 1. The van der Waals surface area contributed by atoms with Crippen molar-refractivity contribution >= 4 is 17.4 Å². The van der Waals surface area contributed by atoms with Crippen molar-refractivity contribution in [2.45, 2.75) is 32.0 Å². The number of benzene rings is 2. The lowest BCUT2D eigenvalue weighted by Gasteiger charge is -2.25. The zero-order valence-corrected chi connectivity index (χ0v) is 18.9. The van der Waals surface area contributed by atoms with Crippen LogP contribution < -0.4 is 9.47 Å². The Bertz CT molecular complexity index is 1300. The summed E-state index contributed by atoms with van der Waals surface area (Å²) < 4.78 is 11.1. The number of ether oxygens (including phenoxy) is 2. The third kappa shape index (κ3) is 3.79. The second-order valence-electron chi connectivity index (χ2n) is 8.52. The topological polar surface area (TPSA) is 89.0 Å². The quantitative estimate of drug-likeness (QED) is 0.354. The van der Waals surface area contributed by atoms with Gasteiger partial charge in [0, 0.05) is 30.9 Å². The van der Waals surface area contributed by atoms with Crippen LogP contribution in [-0.4, -0.2) is 39.9 Å². The van der Waals surface area contributed by atoms with Crippen LogP contribution in [0.5, 0.6) is 11.5 Å². The summed E-state index contributed by atoms with van der Waals surface area (Å²) in [6.45, 7) is 2.15. The van der Waals surface area contributed by atoms with Crippen LogP contribution in [0.2, 0.25) is 0 Å². The Morgan fingerprint density at radius 3 is 2.79 bits per heavy atom. The highest BCUT2D eigenvalue weighted by molar-refractivity contribution is 6.46. The number of hydrogen-bond acceptors (Lipinski definition) is 6. The molecule has 1 fully saturated rings. The molecule has 5 rings (SSSR count). The lowest BCUT2D eigenvalue weighted by atomic mass is 9.94.